The number of ether oxygens (including phenoxy) is 1. The highest BCUT2D eigenvalue weighted by atomic mass is 127. The van der Waals surface area contributed by atoms with Crippen molar-refractivity contribution in [2.45, 2.75) is 46.3 Å². The highest BCUT2D eigenvalue weighted by Crippen LogP contribution is 2.18. The van der Waals surface area contributed by atoms with Crippen molar-refractivity contribution < 1.29 is 9.53 Å². The van der Waals surface area contributed by atoms with E-state index in [4.69, 9.17) is 4.74 Å². The first-order chi connectivity index (χ1) is 12.2. The largest absolute Gasteiger partial charge is 0.444 e. The number of nitrogens with one attached hydrogen (secondary N) is 3. The first-order valence-corrected chi connectivity index (χ1v) is 9.70. The lowest BCUT2D eigenvalue weighted by Crippen LogP contribution is -2.39. The van der Waals surface area contributed by atoms with Crippen molar-refractivity contribution in [1.82, 2.24) is 20.9 Å². The van der Waals surface area contributed by atoms with Crippen LogP contribution in [0.15, 0.2) is 10.4 Å². The van der Waals surface area contributed by atoms with Gasteiger partial charge in [-0.3, -0.25) is 0 Å². The third kappa shape index (κ3) is 11.9. The number of nitrogens with zero attached hydrogens (tertiary/aromatic N) is 3. The molecule has 0 spiro atoms. The predicted octanol–water partition coefficient (Wildman–Crippen LogP) is 2.80. The van der Waals surface area contributed by atoms with Gasteiger partial charge in [0, 0.05) is 39.1 Å². The van der Waals surface area contributed by atoms with Crippen LogP contribution in [-0.4, -0.2) is 56.4 Å². The van der Waals surface area contributed by atoms with Crippen LogP contribution in [0.4, 0.5) is 9.93 Å². The molecular formula is C17H33IN6O2S. The average molecular weight is 512 g/mol. The fraction of sp³-hybridized carbons (Fsp3) is 0.706. The smallest absolute Gasteiger partial charge is 0.407 e. The monoisotopic (exact) mass is 512 g/mol. The van der Waals surface area contributed by atoms with Crippen LogP contribution in [0, 0.1) is 0 Å². The summed E-state index contributed by atoms with van der Waals surface area (Å²) in [7, 11) is 3.95. The van der Waals surface area contributed by atoms with Crippen LogP contribution in [0.25, 0.3) is 0 Å². The molecule has 0 aliphatic rings. The lowest BCUT2D eigenvalue weighted by molar-refractivity contribution is 0.0527. The predicted molar refractivity (Wildman–Crippen MR) is 124 cm³/mol. The summed E-state index contributed by atoms with van der Waals surface area (Å²) in [6.07, 6.45) is 0.379. The Morgan fingerprint density at radius 3 is 2.48 bits per heavy atom. The molecule has 27 heavy (non-hydrogen) atoms. The number of anilines is 1. The molecule has 1 aromatic heterocycles. The second-order valence-electron chi connectivity index (χ2n) is 6.92. The number of alkyl carbamates (subject to hydrolysis) is 1. The summed E-state index contributed by atoms with van der Waals surface area (Å²) in [5.41, 5.74) is 0.470. The van der Waals surface area contributed by atoms with Gasteiger partial charge in [0.25, 0.3) is 0 Å². The van der Waals surface area contributed by atoms with E-state index in [1.165, 1.54) is 0 Å². The summed E-state index contributed by atoms with van der Waals surface area (Å²) in [4.78, 5) is 22.6. The maximum atomic E-state index is 11.6. The Labute approximate surface area is 183 Å². The third-order valence-electron chi connectivity index (χ3n) is 2.98. The Balaban J connectivity index is 0.00000676. The lowest BCUT2D eigenvalue weighted by atomic mass is 10.2. The number of carbonyl (C=O) groups is 1. The second kappa shape index (κ2) is 13.0. The van der Waals surface area contributed by atoms with Crippen LogP contribution < -0.4 is 20.9 Å². The highest BCUT2D eigenvalue weighted by molar-refractivity contribution is 14.0. The molecule has 0 fully saturated rings. The molecule has 0 aliphatic carbocycles. The molecule has 1 heterocycles. The van der Waals surface area contributed by atoms with E-state index in [9.17, 15) is 4.79 Å². The Kier molecular flexibility index (Phi) is 12.4. The van der Waals surface area contributed by atoms with E-state index < -0.39 is 11.7 Å². The fourth-order valence-corrected chi connectivity index (χ4v) is 2.63. The van der Waals surface area contributed by atoms with Crippen molar-refractivity contribution in [1.29, 1.82) is 0 Å². The maximum absolute atomic E-state index is 11.6. The number of thiazole rings is 1. The second-order valence-corrected chi connectivity index (χ2v) is 7.76. The molecule has 0 atom stereocenters. The molecular weight excluding hydrogens is 479 g/mol. The van der Waals surface area contributed by atoms with Gasteiger partial charge in [-0.1, -0.05) is 0 Å². The summed E-state index contributed by atoms with van der Waals surface area (Å²) in [5.74, 6) is 0.740. The summed E-state index contributed by atoms with van der Waals surface area (Å²) in [5, 5.41) is 12.2. The normalized spacial score (nSPS) is 11.4. The summed E-state index contributed by atoms with van der Waals surface area (Å²) in [6, 6.07) is 0. The minimum Gasteiger partial charge on any atom is -0.444 e. The zero-order valence-electron chi connectivity index (χ0n) is 17.1. The minimum atomic E-state index is -0.477. The number of hydrogen-bond acceptors (Lipinski definition) is 6. The number of aromatic nitrogens is 1. The highest BCUT2D eigenvalue weighted by Gasteiger charge is 2.15. The Hall–Kier alpha value is -1.30. The molecule has 0 aromatic carbocycles. The summed E-state index contributed by atoms with van der Waals surface area (Å²) >= 11 is 1.61. The van der Waals surface area contributed by atoms with E-state index in [1.807, 2.05) is 52.1 Å². The van der Waals surface area contributed by atoms with Crippen molar-refractivity contribution in [3.05, 3.63) is 11.1 Å². The molecule has 3 N–H and O–H groups in total. The fourth-order valence-electron chi connectivity index (χ4n) is 1.88. The number of hydrogen-bond donors (Lipinski definition) is 3. The van der Waals surface area contributed by atoms with Gasteiger partial charge in [0.15, 0.2) is 11.1 Å². The average Bonchev–Trinajstić information content (AvgIpc) is 2.99. The van der Waals surface area contributed by atoms with Crippen LogP contribution in [0.5, 0.6) is 0 Å². The van der Waals surface area contributed by atoms with Crippen LogP contribution in [0.2, 0.25) is 0 Å². The molecule has 0 unspecified atom stereocenters. The Morgan fingerprint density at radius 2 is 1.93 bits per heavy atom. The molecule has 1 aromatic rings. The molecule has 10 heteroatoms. The molecule has 0 saturated heterocycles. The number of guanidine groups is 1. The van der Waals surface area contributed by atoms with Crippen molar-refractivity contribution in [3.8, 4) is 0 Å². The molecule has 1 rings (SSSR count). The van der Waals surface area contributed by atoms with Gasteiger partial charge in [-0.25, -0.2) is 14.8 Å². The standard InChI is InChI=1S/C17H32N6O2S.HI/c1-7-18-14(21-11-13-12-26-15(22-13)23(5)6)19-9-8-10-20-16(24)25-17(2,3)4;/h12H,7-11H2,1-6H3,(H,20,24)(H2,18,19,21);1H. The van der Waals surface area contributed by atoms with Crippen molar-refractivity contribution in [2.24, 2.45) is 4.99 Å². The first-order valence-electron chi connectivity index (χ1n) is 8.82. The van der Waals surface area contributed by atoms with Gasteiger partial charge >= 0.3 is 6.09 Å². The van der Waals surface area contributed by atoms with E-state index >= 15 is 0 Å². The molecule has 8 nitrogen and oxygen atoms in total. The van der Waals surface area contributed by atoms with Crippen molar-refractivity contribution >= 4 is 52.5 Å². The van der Waals surface area contributed by atoms with E-state index in [1.54, 1.807) is 11.3 Å². The number of halogens is 1. The topological polar surface area (TPSA) is 90.9 Å². The minimum absolute atomic E-state index is 0. The van der Waals surface area contributed by atoms with Gasteiger partial charge in [-0.15, -0.1) is 35.3 Å². The van der Waals surface area contributed by atoms with Crippen LogP contribution >= 0.6 is 35.3 Å². The van der Waals surface area contributed by atoms with E-state index in [2.05, 4.69) is 25.9 Å². The third-order valence-corrected chi connectivity index (χ3v) is 4.04. The summed E-state index contributed by atoms with van der Waals surface area (Å²) < 4.78 is 5.19. The lowest BCUT2D eigenvalue weighted by Gasteiger charge is -2.19. The van der Waals surface area contributed by atoms with Gasteiger partial charge in [-0.2, -0.15) is 0 Å². The van der Waals surface area contributed by atoms with E-state index in [-0.39, 0.29) is 24.0 Å². The molecule has 0 aliphatic heterocycles. The van der Waals surface area contributed by atoms with Crippen LogP contribution in [0.3, 0.4) is 0 Å². The number of rotatable bonds is 8. The zero-order valence-corrected chi connectivity index (χ0v) is 20.2. The van der Waals surface area contributed by atoms with Crippen LogP contribution in [0.1, 0.15) is 39.8 Å². The van der Waals surface area contributed by atoms with Gasteiger partial charge in [0.1, 0.15) is 5.60 Å². The van der Waals surface area contributed by atoms with E-state index in [0.717, 1.165) is 29.8 Å². The van der Waals surface area contributed by atoms with Gasteiger partial charge < -0.3 is 25.6 Å². The maximum Gasteiger partial charge on any atom is 0.407 e. The van der Waals surface area contributed by atoms with Gasteiger partial charge in [0.05, 0.1) is 12.2 Å². The Bertz CT molecular complexity index is 586. The van der Waals surface area contributed by atoms with Gasteiger partial charge in [0.2, 0.25) is 0 Å². The zero-order chi connectivity index (χ0) is 19.6. The number of aliphatic imine (C=N–C) groups is 1. The van der Waals surface area contributed by atoms with Crippen LogP contribution in [-0.2, 0) is 11.3 Å². The molecule has 0 bridgehead atoms. The van der Waals surface area contributed by atoms with Crippen molar-refractivity contribution in [3.63, 3.8) is 0 Å². The number of amides is 1. The molecule has 0 radical (unpaired) electrons. The van der Waals surface area contributed by atoms with E-state index in [0.29, 0.717) is 19.6 Å². The quantitative estimate of drug-likeness (QED) is 0.215. The summed E-state index contributed by atoms with van der Waals surface area (Å²) in [6.45, 7) is 10.1. The first kappa shape index (κ1) is 25.7. The molecule has 1 amide bonds. The Morgan fingerprint density at radius 1 is 1.26 bits per heavy atom. The van der Waals surface area contributed by atoms with Gasteiger partial charge in [-0.05, 0) is 34.1 Å². The van der Waals surface area contributed by atoms with Crippen molar-refractivity contribution in [2.75, 3.05) is 38.6 Å². The molecule has 156 valence electrons. The number of carbonyl (C=O) groups excluding carboxylic acids is 1. The molecule has 0 saturated carbocycles. The SMILES string of the molecule is CCNC(=NCc1csc(N(C)C)n1)NCCCNC(=O)OC(C)(C)C.I.